The zero-order valence-electron chi connectivity index (χ0n) is 14.9. The average Bonchev–Trinajstić information content (AvgIpc) is 3.16. The molecule has 24 heavy (non-hydrogen) atoms. The van der Waals surface area contributed by atoms with Gasteiger partial charge in [-0.3, -0.25) is 14.6 Å². The van der Waals surface area contributed by atoms with Gasteiger partial charge in [-0.1, -0.05) is 30.3 Å². The smallest absolute Gasteiger partial charge is 0.236 e. The predicted molar refractivity (Wildman–Crippen MR) is 96.9 cm³/mol. The SMILES string of the molecule is CC(c1ccccc1)N(C)C(=O)CN1CCN(C2CCNC2)CC1. The molecule has 0 saturated carbocycles. The average molecular weight is 330 g/mol. The first-order chi connectivity index (χ1) is 11.6. The molecule has 2 unspecified atom stereocenters. The van der Waals surface area contributed by atoms with Gasteiger partial charge in [-0.25, -0.2) is 0 Å². The molecule has 2 aliphatic heterocycles. The third-order valence-electron chi connectivity index (χ3n) is 5.57. The van der Waals surface area contributed by atoms with Crippen LogP contribution in [0.5, 0.6) is 0 Å². The van der Waals surface area contributed by atoms with Gasteiger partial charge in [0, 0.05) is 45.8 Å². The molecule has 2 heterocycles. The summed E-state index contributed by atoms with van der Waals surface area (Å²) in [7, 11) is 1.92. The maximum Gasteiger partial charge on any atom is 0.236 e. The van der Waals surface area contributed by atoms with Crippen LogP contribution >= 0.6 is 0 Å². The first-order valence-electron chi connectivity index (χ1n) is 9.13. The second-order valence-electron chi connectivity index (χ2n) is 7.05. The summed E-state index contributed by atoms with van der Waals surface area (Å²) < 4.78 is 0. The Hall–Kier alpha value is -1.43. The van der Waals surface area contributed by atoms with Crippen molar-refractivity contribution in [2.75, 3.05) is 52.9 Å². The fourth-order valence-corrected chi connectivity index (χ4v) is 3.71. The lowest BCUT2D eigenvalue weighted by molar-refractivity contribution is -0.133. The quantitative estimate of drug-likeness (QED) is 0.880. The maximum absolute atomic E-state index is 12.6. The lowest BCUT2D eigenvalue weighted by Gasteiger charge is -2.38. The van der Waals surface area contributed by atoms with E-state index in [9.17, 15) is 4.79 Å². The number of rotatable bonds is 5. The Morgan fingerprint density at radius 3 is 2.58 bits per heavy atom. The Bertz CT molecular complexity index is 521. The highest BCUT2D eigenvalue weighted by molar-refractivity contribution is 5.78. The third-order valence-corrected chi connectivity index (χ3v) is 5.57. The molecule has 5 nitrogen and oxygen atoms in total. The van der Waals surface area contributed by atoms with E-state index >= 15 is 0 Å². The monoisotopic (exact) mass is 330 g/mol. The van der Waals surface area contributed by atoms with E-state index in [4.69, 9.17) is 0 Å². The minimum atomic E-state index is 0.115. The number of carbonyl (C=O) groups excluding carboxylic acids is 1. The van der Waals surface area contributed by atoms with E-state index in [1.807, 2.05) is 30.1 Å². The molecule has 1 aromatic rings. The highest BCUT2D eigenvalue weighted by Crippen LogP contribution is 2.19. The van der Waals surface area contributed by atoms with Crippen LogP contribution in [0, 0.1) is 0 Å². The predicted octanol–water partition coefficient (Wildman–Crippen LogP) is 1.19. The van der Waals surface area contributed by atoms with Crippen molar-refractivity contribution in [3.63, 3.8) is 0 Å². The molecule has 2 atom stereocenters. The van der Waals surface area contributed by atoms with Gasteiger partial charge in [-0.15, -0.1) is 0 Å². The van der Waals surface area contributed by atoms with Crippen LogP contribution in [0.15, 0.2) is 30.3 Å². The minimum absolute atomic E-state index is 0.115. The molecule has 3 rings (SSSR count). The molecule has 5 heteroatoms. The van der Waals surface area contributed by atoms with Gasteiger partial charge >= 0.3 is 0 Å². The topological polar surface area (TPSA) is 38.8 Å². The highest BCUT2D eigenvalue weighted by Gasteiger charge is 2.27. The number of hydrogen-bond acceptors (Lipinski definition) is 4. The molecule has 2 fully saturated rings. The summed E-state index contributed by atoms with van der Waals surface area (Å²) in [5, 5.41) is 3.44. The van der Waals surface area contributed by atoms with E-state index in [0.717, 1.165) is 39.3 Å². The number of hydrogen-bond donors (Lipinski definition) is 1. The van der Waals surface area contributed by atoms with Gasteiger partial charge in [-0.2, -0.15) is 0 Å². The van der Waals surface area contributed by atoms with Crippen LogP contribution in [0.2, 0.25) is 0 Å². The van der Waals surface area contributed by atoms with Gasteiger partial charge in [0.1, 0.15) is 0 Å². The summed E-state index contributed by atoms with van der Waals surface area (Å²) in [6.45, 7) is 9.05. The van der Waals surface area contributed by atoms with E-state index in [1.165, 1.54) is 12.0 Å². The van der Waals surface area contributed by atoms with Crippen LogP contribution in [0.4, 0.5) is 0 Å². The number of likely N-dealkylation sites (N-methyl/N-ethyl adjacent to an activating group) is 1. The van der Waals surface area contributed by atoms with Crippen LogP contribution in [0.1, 0.15) is 24.9 Å². The van der Waals surface area contributed by atoms with Gasteiger partial charge < -0.3 is 10.2 Å². The second-order valence-corrected chi connectivity index (χ2v) is 7.05. The Labute approximate surface area is 145 Å². The first-order valence-corrected chi connectivity index (χ1v) is 9.13. The van der Waals surface area contributed by atoms with Crippen molar-refractivity contribution in [1.82, 2.24) is 20.0 Å². The molecule has 1 aromatic carbocycles. The first kappa shape index (κ1) is 17.4. The largest absolute Gasteiger partial charge is 0.338 e. The molecule has 0 aliphatic carbocycles. The Morgan fingerprint density at radius 1 is 1.25 bits per heavy atom. The lowest BCUT2D eigenvalue weighted by atomic mass is 10.1. The fourth-order valence-electron chi connectivity index (χ4n) is 3.71. The van der Waals surface area contributed by atoms with E-state index in [2.05, 4.69) is 34.2 Å². The molecule has 0 bridgehead atoms. The number of amides is 1. The minimum Gasteiger partial charge on any atom is -0.338 e. The molecule has 132 valence electrons. The second kappa shape index (κ2) is 8.10. The van der Waals surface area contributed by atoms with Crippen molar-refractivity contribution >= 4 is 5.91 Å². The van der Waals surface area contributed by atoms with Gasteiger partial charge in [0.05, 0.1) is 12.6 Å². The summed E-state index contributed by atoms with van der Waals surface area (Å²) in [4.78, 5) is 19.4. The number of benzene rings is 1. The van der Waals surface area contributed by atoms with E-state index in [0.29, 0.717) is 12.6 Å². The van der Waals surface area contributed by atoms with Crippen molar-refractivity contribution in [3.05, 3.63) is 35.9 Å². The third kappa shape index (κ3) is 4.15. The van der Waals surface area contributed by atoms with Gasteiger partial charge in [0.2, 0.25) is 5.91 Å². The molecule has 0 radical (unpaired) electrons. The Balaban J connectivity index is 1.46. The van der Waals surface area contributed by atoms with Crippen molar-refractivity contribution in [2.45, 2.75) is 25.4 Å². The van der Waals surface area contributed by atoms with Crippen molar-refractivity contribution < 1.29 is 4.79 Å². The fraction of sp³-hybridized carbons (Fsp3) is 0.632. The normalized spacial score (nSPS) is 24.0. The zero-order valence-corrected chi connectivity index (χ0v) is 14.9. The molecular weight excluding hydrogens is 300 g/mol. The van der Waals surface area contributed by atoms with Crippen molar-refractivity contribution in [2.24, 2.45) is 0 Å². The van der Waals surface area contributed by atoms with Gasteiger partial charge in [-0.05, 0) is 25.5 Å². The molecule has 1 amide bonds. The van der Waals surface area contributed by atoms with E-state index in [-0.39, 0.29) is 11.9 Å². The standard InChI is InChI=1S/C19H30N4O/c1-16(17-6-4-3-5-7-17)21(2)19(24)15-22-10-12-23(13-11-22)18-8-9-20-14-18/h3-7,16,18,20H,8-15H2,1-2H3. The molecule has 2 aliphatic rings. The summed E-state index contributed by atoms with van der Waals surface area (Å²) in [6.07, 6.45) is 1.26. The maximum atomic E-state index is 12.6. The molecule has 0 spiro atoms. The highest BCUT2D eigenvalue weighted by atomic mass is 16.2. The van der Waals surface area contributed by atoms with E-state index in [1.54, 1.807) is 0 Å². The summed E-state index contributed by atoms with van der Waals surface area (Å²) in [6, 6.07) is 11.1. The van der Waals surface area contributed by atoms with Crippen LogP contribution < -0.4 is 5.32 Å². The summed E-state index contributed by atoms with van der Waals surface area (Å²) in [5.41, 5.74) is 1.19. The van der Waals surface area contributed by atoms with Crippen molar-refractivity contribution in [3.8, 4) is 0 Å². The Kier molecular flexibility index (Phi) is 5.87. The zero-order chi connectivity index (χ0) is 16.9. The number of nitrogens with one attached hydrogen (secondary N) is 1. The summed E-state index contributed by atoms with van der Waals surface area (Å²) in [5.74, 6) is 0.210. The summed E-state index contributed by atoms with van der Waals surface area (Å²) >= 11 is 0. The Morgan fingerprint density at radius 2 is 1.96 bits per heavy atom. The van der Waals surface area contributed by atoms with Crippen molar-refractivity contribution in [1.29, 1.82) is 0 Å². The number of piperazine rings is 1. The van der Waals surface area contributed by atoms with Crippen LogP contribution in [0.25, 0.3) is 0 Å². The van der Waals surface area contributed by atoms with Crippen LogP contribution in [-0.4, -0.2) is 79.5 Å². The molecule has 0 aromatic heterocycles. The molecular formula is C19H30N4O. The molecule has 1 N–H and O–H groups in total. The van der Waals surface area contributed by atoms with Crippen LogP contribution in [-0.2, 0) is 4.79 Å². The lowest BCUT2D eigenvalue weighted by Crippen LogP contribution is -2.53. The number of carbonyl (C=O) groups is 1. The van der Waals surface area contributed by atoms with E-state index < -0.39 is 0 Å². The van der Waals surface area contributed by atoms with Crippen LogP contribution in [0.3, 0.4) is 0 Å². The van der Waals surface area contributed by atoms with Gasteiger partial charge in [0.15, 0.2) is 0 Å². The van der Waals surface area contributed by atoms with Gasteiger partial charge in [0.25, 0.3) is 0 Å². The molecule has 2 saturated heterocycles. The number of nitrogens with zero attached hydrogens (tertiary/aromatic N) is 3.